The lowest BCUT2D eigenvalue weighted by Gasteiger charge is -2.43. The smallest absolute Gasteiger partial charge is 0.247 e. The average molecular weight is 431 g/mol. The van der Waals surface area contributed by atoms with Crippen LogP contribution in [0.25, 0.3) is 0 Å². The fourth-order valence-electron chi connectivity index (χ4n) is 5.51. The fourth-order valence-corrected chi connectivity index (χ4v) is 5.51. The molecule has 1 N–H and O–H groups in total. The molecule has 2 aromatic rings. The average Bonchev–Trinajstić information content (AvgIpc) is 3.14. The van der Waals surface area contributed by atoms with E-state index in [1.165, 1.54) is 0 Å². The summed E-state index contributed by atoms with van der Waals surface area (Å²) in [5.74, 6) is 0.412. The first-order valence-electron chi connectivity index (χ1n) is 11.8. The van der Waals surface area contributed by atoms with Gasteiger partial charge in [-0.05, 0) is 55.8 Å². The van der Waals surface area contributed by atoms with Crippen molar-refractivity contribution in [2.75, 3.05) is 31.2 Å². The lowest BCUT2D eigenvalue weighted by atomic mass is 9.70. The molecule has 1 atom stereocenters. The van der Waals surface area contributed by atoms with E-state index >= 15 is 0 Å². The number of carbonyl (C=O) groups excluding carboxylic acids is 1. The van der Waals surface area contributed by atoms with E-state index in [2.05, 4.69) is 59.3 Å². The zero-order valence-electron chi connectivity index (χ0n) is 19.3. The third-order valence-electron chi connectivity index (χ3n) is 7.61. The van der Waals surface area contributed by atoms with Crippen molar-refractivity contribution in [2.24, 2.45) is 5.92 Å². The van der Waals surface area contributed by atoms with Gasteiger partial charge in [0.25, 0.3) is 0 Å². The van der Waals surface area contributed by atoms with Crippen LogP contribution in [0, 0.1) is 17.2 Å². The topological polar surface area (TPSA) is 59.4 Å². The standard InChI is InChI=1S/C27H34N4O/c1-22(2)26(20-28,23-10-5-3-6-11-23)14-9-17-30-18-15-27(16-19-30)25(32)29-21-31(27)24-12-7-4-8-13-24/h3-8,10-13,22H,9,14-19,21H2,1-2H3,(H,29,32). The number of hydrogen-bond acceptors (Lipinski definition) is 4. The van der Waals surface area contributed by atoms with Crippen LogP contribution < -0.4 is 10.2 Å². The number of hydrogen-bond donors (Lipinski definition) is 1. The number of rotatable bonds is 7. The second kappa shape index (κ2) is 9.34. The number of nitrogens with zero attached hydrogens (tertiary/aromatic N) is 3. The number of piperidine rings is 1. The molecular formula is C27H34N4O. The summed E-state index contributed by atoms with van der Waals surface area (Å²) in [4.78, 5) is 17.6. The Bertz CT molecular complexity index is 945. The molecule has 2 aliphatic heterocycles. The van der Waals surface area contributed by atoms with Crippen LogP contribution in [0.5, 0.6) is 0 Å². The summed E-state index contributed by atoms with van der Waals surface area (Å²) in [7, 11) is 0. The molecule has 2 heterocycles. The first-order chi connectivity index (χ1) is 15.5. The van der Waals surface area contributed by atoms with Gasteiger partial charge in [0.1, 0.15) is 5.54 Å². The van der Waals surface area contributed by atoms with Crippen LogP contribution in [0.1, 0.15) is 45.1 Å². The van der Waals surface area contributed by atoms with Gasteiger partial charge in [0.05, 0.1) is 18.2 Å². The normalized spacial score (nSPS) is 20.2. The number of para-hydroxylation sites is 1. The number of anilines is 1. The number of nitrogens with one attached hydrogen (secondary N) is 1. The van der Waals surface area contributed by atoms with Gasteiger partial charge in [0, 0.05) is 18.8 Å². The monoisotopic (exact) mass is 430 g/mol. The molecule has 2 saturated heterocycles. The van der Waals surface area contributed by atoms with Gasteiger partial charge in [-0.3, -0.25) is 4.79 Å². The second-order valence-electron chi connectivity index (χ2n) is 9.51. The second-order valence-corrected chi connectivity index (χ2v) is 9.51. The number of nitriles is 1. The maximum absolute atomic E-state index is 12.9. The summed E-state index contributed by atoms with van der Waals surface area (Å²) in [6.45, 7) is 7.66. The summed E-state index contributed by atoms with van der Waals surface area (Å²) in [6, 6.07) is 23.1. The van der Waals surface area contributed by atoms with Crippen LogP contribution in [-0.2, 0) is 10.2 Å². The predicted octanol–water partition coefficient (Wildman–Crippen LogP) is 4.31. The van der Waals surface area contributed by atoms with Gasteiger partial charge in [-0.15, -0.1) is 0 Å². The number of amides is 1. The van der Waals surface area contributed by atoms with E-state index in [0.29, 0.717) is 6.67 Å². The van der Waals surface area contributed by atoms with Gasteiger partial charge in [0.2, 0.25) is 5.91 Å². The molecule has 2 aliphatic rings. The van der Waals surface area contributed by atoms with Gasteiger partial charge in [-0.1, -0.05) is 62.4 Å². The summed E-state index contributed by atoms with van der Waals surface area (Å²) < 4.78 is 0. The van der Waals surface area contributed by atoms with Crippen LogP contribution in [0.2, 0.25) is 0 Å². The van der Waals surface area contributed by atoms with Crippen LogP contribution in [-0.4, -0.2) is 42.6 Å². The summed E-state index contributed by atoms with van der Waals surface area (Å²) in [6.07, 6.45) is 3.49. The molecule has 0 saturated carbocycles. The number of likely N-dealkylation sites (tertiary alicyclic amines) is 1. The summed E-state index contributed by atoms with van der Waals surface area (Å²) in [5.41, 5.74) is 1.35. The van der Waals surface area contributed by atoms with Crippen molar-refractivity contribution in [3.8, 4) is 6.07 Å². The Balaban J connectivity index is 1.38. The Morgan fingerprint density at radius 3 is 2.28 bits per heavy atom. The zero-order valence-corrected chi connectivity index (χ0v) is 19.3. The largest absolute Gasteiger partial charge is 0.339 e. The van der Waals surface area contributed by atoms with Gasteiger partial charge in [-0.2, -0.15) is 5.26 Å². The van der Waals surface area contributed by atoms with E-state index in [1.807, 2.05) is 36.4 Å². The molecular weight excluding hydrogens is 396 g/mol. The lowest BCUT2D eigenvalue weighted by Crippen LogP contribution is -2.56. The zero-order chi connectivity index (χ0) is 22.6. The van der Waals surface area contributed by atoms with E-state index in [9.17, 15) is 10.1 Å². The maximum Gasteiger partial charge on any atom is 0.247 e. The van der Waals surface area contributed by atoms with Crippen LogP contribution in [0.4, 0.5) is 5.69 Å². The first kappa shape index (κ1) is 22.4. The third kappa shape index (κ3) is 4.00. The number of carbonyl (C=O) groups is 1. The minimum Gasteiger partial charge on any atom is -0.339 e. The highest BCUT2D eigenvalue weighted by molar-refractivity contribution is 5.93. The molecule has 5 heteroatoms. The third-order valence-corrected chi connectivity index (χ3v) is 7.61. The molecule has 32 heavy (non-hydrogen) atoms. The van der Waals surface area contributed by atoms with Crippen molar-refractivity contribution in [3.05, 3.63) is 66.2 Å². The van der Waals surface area contributed by atoms with Crippen molar-refractivity contribution in [1.29, 1.82) is 5.26 Å². The molecule has 5 nitrogen and oxygen atoms in total. The van der Waals surface area contributed by atoms with Crippen molar-refractivity contribution in [2.45, 2.75) is 50.5 Å². The number of benzene rings is 2. The molecule has 0 aromatic heterocycles. The Morgan fingerprint density at radius 2 is 1.69 bits per heavy atom. The predicted molar refractivity (Wildman–Crippen MR) is 128 cm³/mol. The minimum absolute atomic E-state index is 0.161. The van der Waals surface area contributed by atoms with Gasteiger partial charge in [-0.25, -0.2) is 0 Å². The Labute approximate surface area is 192 Å². The highest BCUT2D eigenvalue weighted by Gasteiger charge is 2.50. The SMILES string of the molecule is CC(C)C(C#N)(CCCN1CCC2(CC1)C(=O)NCN2c1ccccc1)c1ccccc1. The van der Waals surface area contributed by atoms with Gasteiger partial charge in [0.15, 0.2) is 0 Å². The van der Waals surface area contributed by atoms with E-state index in [1.54, 1.807) is 0 Å². The van der Waals surface area contributed by atoms with E-state index in [4.69, 9.17) is 0 Å². The molecule has 168 valence electrons. The molecule has 1 unspecified atom stereocenters. The molecule has 0 bridgehead atoms. The molecule has 4 rings (SSSR count). The summed E-state index contributed by atoms with van der Waals surface area (Å²) in [5, 5.41) is 13.2. The van der Waals surface area contributed by atoms with Crippen molar-refractivity contribution in [3.63, 3.8) is 0 Å². The highest BCUT2D eigenvalue weighted by atomic mass is 16.2. The Morgan fingerprint density at radius 1 is 1.06 bits per heavy atom. The van der Waals surface area contributed by atoms with Crippen molar-refractivity contribution < 1.29 is 4.79 Å². The highest BCUT2D eigenvalue weighted by Crippen LogP contribution is 2.38. The molecule has 0 radical (unpaired) electrons. The molecule has 1 amide bonds. The summed E-state index contributed by atoms with van der Waals surface area (Å²) >= 11 is 0. The molecule has 2 fully saturated rings. The van der Waals surface area contributed by atoms with E-state index in [-0.39, 0.29) is 11.8 Å². The molecule has 2 aromatic carbocycles. The van der Waals surface area contributed by atoms with E-state index in [0.717, 1.165) is 56.6 Å². The first-order valence-corrected chi connectivity index (χ1v) is 11.8. The van der Waals surface area contributed by atoms with Crippen molar-refractivity contribution in [1.82, 2.24) is 10.2 Å². The van der Waals surface area contributed by atoms with Crippen LogP contribution >= 0.6 is 0 Å². The van der Waals surface area contributed by atoms with Crippen LogP contribution in [0.15, 0.2) is 60.7 Å². The van der Waals surface area contributed by atoms with Gasteiger partial charge < -0.3 is 15.1 Å². The minimum atomic E-state index is -0.451. The molecule has 1 spiro atoms. The van der Waals surface area contributed by atoms with Crippen LogP contribution in [0.3, 0.4) is 0 Å². The maximum atomic E-state index is 12.9. The Hall–Kier alpha value is -2.84. The van der Waals surface area contributed by atoms with Crippen molar-refractivity contribution >= 4 is 11.6 Å². The fraction of sp³-hybridized carbons (Fsp3) is 0.481. The van der Waals surface area contributed by atoms with Gasteiger partial charge >= 0.3 is 0 Å². The molecule has 0 aliphatic carbocycles. The lowest BCUT2D eigenvalue weighted by molar-refractivity contribution is -0.125. The Kier molecular flexibility index (Phi) is 6.53. The van der Waals surface area contributed by atoms with E-state index < -0.39 is 11.0 Å². The quantitative estimate of drug-likeness (QED) is 0.711.